The minimum Gasteiger partial charge on any atom is -0.365 e. The van der Waals surface area contributed by atoms with Crippen LogP contribution in [0.2, 0.25) is 0 Å². The number of nitrogens with one attached hydrogen (secondary N) is 1. The Balaban J connectivity index is 1.26. The zero-order chi connectivity index (χ0) is 23.1. The van der Waals surface area contributed by atoms with E-state index in [9.17, 15) is 9.18 Å². The van der Waals surface area contributed by atoms with Gasteiger partial charge in [-0.2, -0.15) is 4.52 Å². The lowest BCUT2D eigenvalue weighted by Gasteiger charge is -2.34. The van der Waals surface area contributed by atoms with Crippen LogP contribution < -0.4 is 10.2 Å². The average Bonchev–Trinajstić information content (AvgIpc) is 3.66. The van der Waals surface area contributed by atoms with Crippen LogP contribution in [-0.4, -0.2) is 57.6 Å². The molecule has 34 heavy (non-hydrogen) atoms. The molecule has 2 aliphatic rings. The average molecular weight is 497 g/mol. The van der Waals surface area contributed by atoms with E-state index in [4.69, 9.17) is 10.1 Å². The molecular weight excluding hydrogens is 471 g/mol. The largest absolute Gasteiger partial charge is 0.365 e. The van der Waals surface area contributed by atoms with Crippen LogP contribution in [0.5, 0.6) is 0 Å². The molecule has 0 atom stereocenters. The predicted molar refractivity (Wildman–Crippen MR) is 135 cm³/mol. The van der Waals surface area contributed by atoms with Crippen molar-refractivity contribution in [3.8, 4) is 11.3 Å². The van der Waals surface area contributed by atoms with Crippen LogP contribution in [0.1, 0.15) is 35.4 Å². The summed E-state index contributed by atoms with van der Waals surface area (Å²) in [5.41, 5.74) is 1.69. The van der Waals surface area contributed by atoms with Gasteiger partial charge in [0.25, 0.3) is 5.91 Å². The van der Waals surface area contributed by atoms with Crippen LogP contribution in [0, 0.1) is 5.82 Å². The molecule has 2 fully saturated rings. The number of benzene rings is 1. The standard InChI is InChI=1S/C24H25FN6OS2/c25-17-9-7-16(8-10-17)20-21(26-18-4-1-2-5-18)31-23(27-20)34-24(28-31)30-13-11-29(12-14-30)22(32)19-6-3-15-33-19/h3,6-10,15,18,26H,1-2,4-5,11-14H2. The first-order valence-electron chi connectivity index (χ1n) is 11.7. The van der Waals surface area contributed by atoms with Crippen LogP contribution in [0.15, 0.2) is 41.8 Å². The van der Waals surface area contributed by atoms with Gasteiger partial charge in [0.1, 0.15) is 11.5 Å². The molecule has 1 aliphatic heterocycles. The number of hydrogen-bond donors (Lipinski definition) is 1. The lowest BCUT2D eigenvalue weighted by atomic mass is 10.1. The second kappa shape index (κ2) is 8.99. The van der Waals surface area contributed by atoms with Gasteiger partial charge in [-0.15, -0.1) is 16.4 Å². The van der Waals surface area contributed by atoms with Gasteiger partial charge in [0, 0.05) is 37.8 Å². The number of fused-ring (bicyclic) bond motifs is 1. The Morgan fingerprint density at radius 1 is 1.06 bits per heavy atom. The number of carbonyl (C=O) groups is 1. The number of hydrogen-bond acceptors (Lipinski definition) is 7. The summed E-state index contributed by atoms with van der Waals surface area (Å²) in [6, 6.07) is 10.7. The lowest BCUT2D eigenvalue weighted by molar-refractivity contribution is 0.0751. The predicted octanol–water partition coefficient (Wildman–Crippen LogP) is 4.98. The van der Waals surface area contributed by atoms with Crippen molar-refractivity contribution in [1.82, 2.24) is 19.5 Å². The summed E-state index contributed by atoms with van der Waals surface area (Å²) in [7, 11) is 0. The van der Waals surface area contributed by atoms with Gasteiger partial charge in [0.05, 0.1) is 4.88 Å². The normalized spacial score (nSPS) is 17.1. The van der Waals surface area contributed by atoms with Gasteiger partial charge < -0.3 is 15.1 Å². The van der Waals surface area contributed by atoms with Gasteiger partial charge in [0.2, 0.25) is 10.1 Å². The van der Waals surface area contributed by atoms with Crippen molar-refractivity contribution in [2.24, 2.45) is 0 Å². The molecule has 1 aliphatic carbocycles. The molecule has 7 nitrogen and oxygen atoms in total. The third-order valence-corrected chi connectivity index (χ3v) is 8.40. The maximum Gasteiger partial charge on any atom is 0.264 e. The van der Waals surface area contributed by atoms with Crippen LogP contribution in [0.3, 0.4) is 0 Å². The summed E-state index contributed by atoms with van der Waals surface area (Å²) < 4.78 is 15.4. The smallest absolute Gasteiger partial charge is 0.264 e. The zero-order valence-electron chi connectivity index (χ0n) is 18.6. The second-order valence-electron chi connectivity index (χ2n) is 8.78. The second-order valence-corrected chi connectivity index (χ2v) is 10.7. The van der Waals surface area contributed by atoms with Crippen molar-refractivity contribution in [2.75, 3.05) is 36.4 Å². The first kappa shape index (κ1) is 21.5. The molecular formula is C24H25FN6OS2. The number of piperazine rings is 1. The summed E-state index contributed by atoms with van der Waals surface area (Å²) in [5.74, 6) is 0.727. The highest BCUT2D eigenvalue weighted by Gasteiger charge is 2.27. The Bertz CT molecular complexity index is 1290. The highest BCUT2D eigenvalue weighted by Crippen LogP contribution is 2.35. The number of aromatic nitrogens is 3. The minimum atomic E-state index is -0.257. The van der Waals surface area contributed by atoms with Crippen molar-refractivity contribution < 1.29 is 9.18 Å². The first-order valence-corrected chi connectivity index (χ1v) is 13.3. The summed E-state index contributed by atoms with van der Waals surface area (Å²) in [4.78, 5) is 23.3. The highest BCUT2D eigenvalue weighted by molar-refractivity contribution is 7.20. The molecule has 4 heterocycles. The van der Waals surface area contributed by atoms with Gasteiger partial charge >= 0.3 is 0 Å². The van der Waals surface area contributed by atoms with E-state index in [0.29, 0.717) is 19.1 Å². The number of nitrogens with zero attached hydrogens (tertiary/aromatic N) is 5. The van der Waals surface area contributed by atoms with E-state index in [1.807, 2.05) is 26.9 Å². The first-order chi connectivity index (χ1) is 16.7. The van der Waals surface area contributed by atoms with E-state index in [1.54, 1.807) is 23.5 Å². The molecule has 4 aromatic rings. The number of thiophene rings is 1. The number of imidazole rings is 1. The molecule has 176 valence electrons. The summed E-state index contributed by atoms with van der Waals surface area (Å²) in [6.45, 7) is 2.83. The van der Waals surface area contributed by atoms with Crippen molar-refractivity contribution in [3.05, 3.63) is 52.5 Å². The van der Waals surface area contributed by atoms with E-state index in [-0.39, 0.29) is 11.7 Å². The van der Waals surface area contributed by atoms with Crippen molar-refractivity contribution in [2.45, 2.75) is 31.7 Å². The lowest BCUT2D eigenvalue weighted by Crippen LogP contribution is -2.48. The topological polar surface area (TPSA) is 65.8 Å². The van der Waals surface area contributed by atoms with Crippen LogP contribution in [0.4, 0.5) is 15.3 Å². The molecule has 1 aromatic carbocycles. The van der Waals surface area contributed by atoms with Crippen LogP contribution in [-0.2, 0) is 0 Å². The van der Waals surface area contributed by atoms with Crippen molar-refractivity contribution >= 4 is 44.5 Å². The quantitative estimate of drug-likeness (QED) is 0.422. The third-order valence-electron chi connectivity index (χ3n) is 6.58. The summed E-state index contributed by atoms with van der Waals surface area (Å²) in [6.07, 6.45) is 4.71. The van der Waals surface area contributed by atoms with Crippen molar-refractivity contribution in [3.63, 3.8) is 0 Å². The fraction of sp³-hybridized carbons (Fsp3) is 0.375. The minimum absolute atomic E-state index is 0.107. The zero-order valence-corrected chi connectivity index (χ0v) is 20.2. The van der Waals surface area contributed by atoms with Crippen LogP contribution in [0.25, 0.3) is 16.2 Å². The molecule has 10 heteroatoms. The number of anilines is 2. The van der Waals surface area contributed by atoms with Gasteiger partial charge in [0.15, 0.2) is 5.82 Å². The molecule has 6 rings (SSSR count). The van der Waals surface area contributed by atoms with Gasteiger partial charge in [-0.25, -0.2) is 9.37 Å². The Labute approximate surface area is 204 Å². The summed E-state index contributed by atoms with van der Waals surface area (Å²) >= 11 is 3.04. The molecule has 0 spiro atoms. The Kier molecular flexibility index (Phi) is 5.70. The number of amides is 1. The van der Waals surface area contributed by atoms with E-state index >= 15 is 0 Å². The van der Waals surface area contributed by atoms with E-state index in [2.05, 4.69) is 10.2 Å². The molecule has 0 bridgehead atoms. The van der Waals surface area contributed by atoms with Crippen molar-refractivity contribution in [1.29, 1.82) is 0 Å². The summed E-state index contributed by atoms with van der Waals surface area (Å²) in [5, 5.41) is 11.4. The maximum absolute atomic E-state index is 13.5. The molecule has 0 radical (unpaired) electrons. The number of halogens is 1. The number of carbonyl (C=O) groups excluding carboxylic acids is 1. The fourth-order valence-electron chi connectivity index (χ4n) is 4.73. The van der Waals surface area contributed by atoms with Gasteiger partial charge in [-0.1, -0.05) is 30.2 Å². The Morgan fingerprint density at radius 2 is 1.82 bits per heavy atom. The van der Waals surface area contributed by atoms with Gasteiger partial charge in [-0.05, 0) is 48.6 Å². The Hall–Kier alpha value is -2.98. The molecule has 1 amide bonds. The molecule has 0 unspecified atom stereocenters. The van der Waals surface area contributed by atoms with E-state index < -0.39 is 0 Å². The van der Waals surface area contributed by atoms with Crippen LogP contribution >= 0.6 is 22.7 Å². The van der Waals surface area contributed by atoms with Gasteiger partial charge in [-0.3, -0.25) is 4.79 Å². The highest BCUT2D eigenvalue weighted by atomic mass is 32.1. The SMILES string of the molecule is O=C(c1cccs1)N1CCN(c2nn3c(NC4CCCC4)c(-c4ccc(F)cc4)nc3s2)CC1. The fourth-order valence-corrected chi connectivity index (χ4v) is 6.37. The van der Waals surface area contributed by atoms with E-state index in [0.717, 1.165) is 58.0 Å². The molecule has 3 aromatic heterocycles. The molecule has 1 saturated heterocycles. The monoisotopic (exact) mass is 496 g/mol. The van der Waals surface area contributed by atoms with E-state index in [1.165, 1.54) is 36.3 Å². The Morgan fingerprint density at radius 3 is 2.53 bits per heavy atom. The maximum atomic E-state index is 13.5. The molecule has 1 saturated carbocycles. The number of rotatable bonds is 5. The third kappa shape index (κ3) is 4.05. The molecule has 1 N–H and O–H groups in total.